The van der Waals surface area contributed by atoms with Crippen LogP contribution in [0, 0.1) is 0 Å². The fourth-order valence-electron chi connectivity index (χ4n) is 1.92. The number of nitrogens with zero attached hydrogens (tertiary/aromatic N) is 3. The first-order valence-corrected chi connectivity index (χ1v) is 6.73. The van der Waals surface area contributed by atoms with Crippen LogP contribution in [0.4, 0.5) is 26.3 Å². The van der Waals surface area contributed by atoms with Gasteiger partial charge >= 0.3 is 18.2 Å². The van der Waals surface area contributed by atoms with E-state index in [1.807, 2.05) is 0 Å². The van der Waals surface area contributed by atoms with Crippen molar-refractivity contribution in [1.82, 2.24) is 20.4 Å². The number of halogens is 6. The normalized spacial score (nSPS) is 14.3. The van der Waals surface area contributed by atoms with Crippen LogP contribution >= 0.6 is 0 Å². The minimum absolute atomic E-state index is 0.104. The van der Waals surface area contributed by atoms with Gasteiger partial charge in [0.1, 0.15) is 0 Å². The van der Waals surface area contributed by atoms with Crippen LogP contribution in [0.1, 0.15) is 17.1 Å². The van der Waals surface area contributed by atoms with E-state index in [1.54, 1.807) is 6.07 Å². The molecule has 1 N–H and O–H groups in total. The fraction of sp³-hybridized carbons (Fsp3) is 0.385. The molecule has 0 amide bonds. The molecule has 3 heterocycles. The van der Waals surface area contributed by atoms with E-state index in [-0.39, 0.29) is 5.82 Å². The van der Waals surface area contributed by atoms with Crippen LogP contribution in [0.25, 0.3) is 11.4 Å². The topological polar surface area (TPSA) is 80.9 Å². The number of aromatic nitrogens is 3. The Labute approximate surface area is 136 Å². The van der Waals surface area contributed by atoms with Gasteiger partial charge < -0.3 is 9.84 Å². The molecule has 0 aliphatic carbocycles. The highest BCUT2D eigenvalue weighted by molar-refractivity contribution is 5.56. The number of aldehydes is 1. The maximum atomic E-state index is 12.4. The molecule has 2 aromatic heterocycles. The first-order valence-electron chi connectivity index (χ1n) is 6.73. The fourth-order valence-corrected chi connectivity index (χ4v) is 1.92. The SMILES string of the molecule is FC(F)(F)c1nc(-c2cnc3c(c2)CNCC3)no1.O=CC(F)(F)F. The summed E-state index contributed by atoms with van der Waals surface area (Å²) in [4.78, 5) is 16.3. The summed E-state index contributed by atoms with van der Waals surface area (Å²) in [5, 5.41) is 6.50. The second-order valence-corrected chi connectivity index (χ2v) is 4.84. The number of hydrogen-bond donors (Lipinski definition) is 1. The summed E-state index contributed by atoms with van der Waals surface area (Å²) in [5.74, 6) is -1.45. The summed E-state index contributed by atoms with van der Waals surface area (Å²) < 4.78 is 72.6. The molecule has 0 saturated heterocycles. The molecule has 1 aliphatic heterocycles. The van der Waals surface area contributed by atoms with Crippen LogP contribution in [0.15, 0.2) is 16.8 Å². The predicted molar refractivity (Wildman–Crippen MR) is 70.1 cm³/mol. The molecule has 0 radical (unpaired) electrons. The lowest BCUT2D eigenvalue weighted by Crippen LogP contribution is -2.24. The summed E-state index contributed by atoms with van der Waals surface area (Å²) in [6.07, 6.45) is -8.06. The molecule has 12 heteroatoms. The first-order chi connectivity index (χ1) is 11.6. The minimum atomic E-state index is -4.64. The molecule has 0 unspecified atom stereocenters. The summed E-state index contributed by atoms with van der Waals surface area (Å²) >= 11 is 0. The lowest BCUT2D eigenvalue weighted by Gasteiger charge is -2.15. The van der Waals surface area contributed by atoms with Crippen molar-refractivity contribution in [1.29, 1.82) is 0 Å². The van der Waals surface area contributed by atoms with E-state index >= 15 is 0 Å². The van der Waals surface area contributed by atoms with Gasteiger partial charge in [-0.25, -0.2) is 0 Å². The van der Waals surface area contributed by atoms with Crippen molar-refractivity contribution in [3.63, 3.8) is 0 Å². The Morgan fingerprint density at radius 2 is 1.88 bits per heavy atom. The van der Waals surface area contributed by atoms with Gasteiger partial charge in [-0.15, -0.1) is 0 Å². The Bertz CT molecular complexity index is 741. The molecular weight excluding hydrogens is 358 g/mol. The van der Waals surface area contributed by atoms with E-state index in [0.29, 0.717) is 12.1 Å². The highest BCUT2D eigenvalue weighted by Gasteiger charge is 2.38. The van der Waals surface area contributed by atoms with Crippen molar-refractivity contribution >= 4 is 6.29 Å². The Balaban J connectivity index is 0.000000326. The molecule has 136 valence electrons. The summed E-state index contributed by atoms with van der Waals surface area (Å²) in [5.41, 5.74) is 2.31. The maximum Gasteiger partial charge on any atom is 0.471 e. The molecule has 0 atom stereocenters. The zero-order chi connectivity index (χ0) is 18.7. The van der Waals surface area contributed by atoms with Gasteiger partial charge in [-0.05, 0) is 11.6 Å². The van der Waals surface area contributed by atoms with E-state index in [4.69, 9.17) is 4.79 Å². The van der Waals surface area contributed by atoms with Gasteiger partial charge in [0, 0.05) is 37.0 Å². The van der Waals surface area contributed by atoms with Gasteiger partial charge in [0.05, 0.1) is 0 Å². The first kappa shape index (κ1) is 18.8. The second-order valence-electron chi connectivity index (χ2n) is 4.84. The molecule has 0 saturated carbocycles. The number of hydrogen-bond acceptors (Lipinski definition) is 6. The number of carbonyl (C=O) groups is 1. The number of pyridine rings is 1. The van der Waals surface area contributed by atoms with Gasteiger partial charge in [0.15, 0.2) is 0 Å². The van der Waals surface area contributed by atoms with Gasteiger partial charge in [0.25, 0.3) is 0 Å². The van der Waals surface area contributed by atoms with Crippen LogP contribution in [-0.2, 0) is 23.9 Å². The molecule has 3 rings (SSSR count). The Hall–Kier alpha value is -2.50. The summed E-state index contributed by atoms with van der Waals surface area (Å²) in [6.45, 7) is 1.49. The Kier molecular flexibility index (Phi) is 5.40. The lowest BCUT2D eigenvalue weighted by atomic mass is 10.1. The van der Waals surface area contributed by atoms with Crippen LogP contribution in [0.5, 0.6) is 0 Å². The minimum Gasteiger partial charge on any atom is -0.329 e. The van der Waals surface area contributed by atoms with Gasteiger partial charge in [-0.1, -0.05) is 5.16 Å². The quantitative estimate of drug-likeness (QED) is 0.616. The predicted octanol–water partition coefficient (Wildman–Crippen LogP) is 2.54. The van der Waals surface area contributed by atoms with Crippen molar-refractivity contribution in [2.75, 3.05) is 6.54 Å². The van der Waals surface area contributed by atoms with Crippen LogP contribution < -0.4 is 5.32 Å². The van der Waals surface area contributed by atoms with E-state index in [9.17, 15) is 26.3 Å². The van der Waals surface area contributed by atoms with Crippen molar-refractivity contribution < 1.29 is 35.7 Å². The highest BCUT2D eigenvalue weighted by Crippen LogP contribution is 2.29. The van der Waals surface area contributed by atoms with E-state index in [1.165, 1.54) is 6.20 Å². The molecular formula is C13H10F6N4O2. The third-order valence-corrected chi connectivity index (χ3v) is 2.97. The standard InChI is InChI=1S/C11H9F3N4O.C2HF3O/c12-11(13,14)10-17-9(18-19-10)7-3-6-4-15-2-1-8(6)16-5-7;3-2(4,5)1-6/h3,5,15H,1-2,4H2;1H. The van der Waals surface area contributed by atoms with Crippen LogP contribution in [0.2, 0.25) is 0 Å². The zero-order valence-electron chi connectivity index (χ0n) is 12.3. The largest absolute Gasteiger partial charge is 0.471 e. The number of alkyl halides is 6. The number of nitrogens with one attached hydrogen (secondary N) is 1. The Morgan fingerprint density at radius 3 is 2.44 bits per heavy atom. The highest BCUT2D eigenvalue weighted by atomic mass is 19.4. The Morgan fingerprint density at radius 1 is 1.20 bits per heavy atom. The molecule has 25 heavy (non-hydrogen) atoms. The lowest BCUT2D eigenvalue weighted by molar-refractivity contribution is -0.159. The van der Waals surface area contributed by atoms with Crippen LogP contribution in [-0.4, -0.2) is 34.1 Å². The van der Waals surface area contributed by atoms with Crippen molar-refractivity contribution in [3.8, 4) is 11.4 Å². The van der Waals surface area contributed by atoms with E-state index < -0.39 is 24.5 Å². The van der Waals surface area contributed by atoms with E-state index in [2.05, 4.69) is 25.0 Å². The molecule has 1 aliphatic rings. The summed E-state index contributed by atoms with van der Waals surface area (Å²) in [7, 11) is 0. The van der Waals surface area contributed by atoms with Crippen molar-refractivity contribution in [2.24, 2.45) is 0 Å². The zero-order valence-corrected chi connectivity index (χ0v) is 12.3. The third-order valence-electron chi connectivity index (χ3n) is 2.97. The molecule has 0 spiro atoms. The number of rotatable bonds is 1. The van der Waals surface area contributed by atoms with Crippen molar-refractivity contribution in [2.45, 2.75) is 25.3 Å². The van der Waals surface area contributed by atoms with Gasteiger partial charge in [-0.2, -0.15) is 31.3 Å². The smallest absolute Gasteiger partial charge is 0.329 e. The summed E-state index contributed by atoms with van der Waals surface area (Å²) in [6, 6.07) is 1.74. The molecule has 6 nitrogen and oxygen atoms in total. The molecule has 0 fully saturated rings. The molecule has 2 aromatic rings. The van der Waals surface area contributed by atoms with Crippen LogP contribution in [0.3, 0.4) is 0 Å². The van der Waals surface area contributed by atoms with E-state index in [0.717, 1.165) is 24.2 Å². The molecule has 0 aromatic carbocycles. The molecule has 0 bridgehead atoms. The van der Waals surface area contributed by atoms with Gasteiger partial charge in [-0.3, -0.25) is 9.78 Å². The third kappa shape index (κ3) is 5.24. The number of carbonyl (C=O) groups excluding carboxylic acids is 1. The number of fused-ring (bicyclic) bond motifs is 1. The monoisotopic (exact) mass is 368 g/mol. The average Bonchev–Trinajstić information content (AvgIpc) is 3.04. The maximum absolute atomic E-state index is 12.4. The average molecular weight is 368 g/mol. The second kappa shape index (κ2) is 7.17. The van der Waals surface area contributed by atoms with Crippen molar-refractivity contribution in [3.05, 3.63) is 29.4 Å². The van der Waals surface area contributed by atoms with Gasteiger partial charge in [0.2, 0.25) is 12.1 Å².